The molecular formula is C9H11FS. The lowest BCUT2D eigenvalue weighted by Gasteiger charge is -1.91. The number of hydrogen-bond donors (Lipinski definition) is 0. The highest BCUT2D eigenvalue weighted by Crippen LogP contribution is 2.17. The van der Waals surface area contributed by atoms with Crippen molar-refractivity contribution in [2.75, 3.05) is 0 Å². The van der Waals surface area contributed by atoms with E-state index in [0.29, 0.717) is 5.92 Å². The monoisotopic (exact) mass is 170 g/mol. The summed E-state index contributed by atoms with van der Waals surface area (Å²) in [5, 5.41) is 1.76. The van der Waals surface area contributed by atoms with E-state index in [4.69, 9.17) is 0 Å². The molecule has 1 heterocycles. The highest BCUT2D eigenvalue weighted by molar-refractivity contribution is 7.10. The van der Waals surface area contributed by atoms with Crippen molar-refractivity contribution in [1.82, 2.24) is 0 Å². The molecule has 0 amide bonds. The molecule has 60 valence electrons. The van der Waals surface area contributed by atoms with E-state index in [1.54, 1.807) is 5.38 Å². The number of rotatable bonds is 2. The minimum atomic E-state index is -0.119. The predicted octanol–water partition coefficient (Wildman–Crippen LogP) is 3.56. The van der Waals surface area contributed by atoms with Gasteiger partial charge in [0.15, 0.2) is 0 Å². The van der Waals surface area contributed by atoms with Gasteiger partial charge in [-0.05, 0) is 23.4 Å². The standard InChI is InChI=1S/C9H11FS/c1-7(2)3-4-9-8(10)5-6-11-9/h3-7H,1-2H3/b4-3+. The van der Waals surface area contributed by atoms with Crippen LogP contribution in [-0.4, -0.2) is 0 Å². The van der Waals surface area contributed by atoms with Gasteiger partial charge in [0.05, 0.1) is 4.88 Å². The maximum atomic E-state index is 12.8. The summed E-state index contributed by atoms with van der Waals surface area (Å²) in [6, 6.07) is 1.49. The zero-order valence-corrected chi connectivity index (χ0v) is 7.49. The van der Waals surface area contributed by atoms with Crippen molar-refractivity contribution in [1.29, 1.82) is 0 Å². The maximum absolute atomic E-state index is 12.8. The zero-order valence-electron chi connectivity index (χ0n) is 6.67. The first-order valence-corrected chi connectivity index (χ1v) is 4.49. The van der Waals surface area contributed by atoms with Gasteiger partial charge in [0.25, 0.3) is 0 Å². The SMILES string of the molecule is CC(C)/C=C/c1sccc1F. The van der Waals surface area contributed by atoms with E-state index in [1.165, 1.54) is 17.4 Å². The molecule has 0 bridgehead atoms. The minimum Gasteiger partial charge on any atom is -0.205 e. The molecule has 0 aromatic carbocycles. The second-order valence-electron chi connectivity index (χ2n) is 2.74. The summed E-state index contributed by atoms with van der Waals surface area (Å²) >= 11 is 1.43. The molecule has 0 spiro atoms. The van der Waals surface area contributed by atoms with Crippen molar-refractivity contribution in [2.45, 2.75) is 13.8 Å². The Bertz CT molecular complexity index is 248. The summed E-state index contributed by atoms with van der Waals surface area (Å²) in [6.45, 7) is 4.14. The van der Waals surface area contributed by atoms with E-state index in [9.17, 15) is 4.39 Å². The van der Waals surface area contributed by atoms with E-state index in [0.717, 1.165) is 4.88 Å². The molecule has 0 N–H and O–H groups in total. The fraction of sp³-hybridized carbons (Fsp3) is 0.333. The lowest BCUT2D eigenvalue weighted by atomic mass is 10.2. The van der Waals surface area contributed by atoms with E-state index >= 15 is 0 Å². The molecule has 0 aliphatic heterocycles. The number of allylic oxidation sites excluding steroid dienone is 1. The fourth-order valence-corrected chi connectivity index (χ4v) is 1.38. The molecule has 0 nitrogen and oxygen atoms in total. The molecule has 1 rings (SSSR count). The maximum Gasteiger partial charge on any atom is 0.141 e. The van der Waals surface area contributed by atoms with Crippen molar-refractivity contribution in [2.24, 2.45) is 5.92 Å². The second kappa shape index (κ2) is 3.67. The largest absolute Gasteiger partial charge is 0.205 e. The molecule has 0 saturated heterocycles. The summed E-state index contributed by atoms with van der Waals surface area (Å²) < 4.78 is 12.8. The van der Waals surface area contributed by atoms with Gasteiger partial charge in [-0.15, -0.1) is 11.3 Å². The normalized spacial score (nSPS) is 11.6. The van der Waals surface area contributed by atoms with Crippen LogP contribution in [-0.2, 0) is 0 Å². The fourth-order valence-electron chi connectivity index (χ4n) is 0.704. The molecule has 0 aliphatic rings. The Hall–Kier alpha value is -0.630. The Morgan fingerprint density at radius 1 is 1.55 bits per heavy atom. The van der Waals surface area contributed by atoms with Gasteiger partial charge in [0.2, 0.25) is 0 Å². The Balaban J connectivity index is 2.71. The number of thiophene rings is 1. The molecule has 0 unspecified atom stereocenters. The van der Waals surface area contributed by atoms with E-state index < -0.39 is 0 Å². The summed E-state index contributed by atoms with van der Waals surface area (Å²) in [6.07, 6.45) is 3.83. The van der Waals surface area contributed by atoms with Gasteiger partial charge in [-0.2, -0.15) is 0 Å². The van der Waals surface area contributed by atoms with Gasteiger partial charge in [-0.1, -0.05) is 19.9 Å². The third-order valence-electron chi connectivity index (χ3n) is 1.28. The summed E-state index contributed by atoms with van der Waals surface area (Å²) in [4.78, 5) is 0.721. The molecule has 1 aromatic rings. The van der Waals surface area contributed by atoms with E-state index in [2.05, 4.69) is 13.8 Å². The second-order valence-corrected chi connectivity index (χ2v) is 3.68. The number of halogens is 1. The first-order valence-electron chi connectivity index (χ1n) is 3.61. The Kier molecular flexibility index (Phi) is 2.83. The molecule has 1 aromatic heterocycles. The highest BCUT2D eigenvalue weighted by atomic mass is 32.1. The van der Waals surface area contributed by atoms with Crippen LogP contribution in [0.5, 0.6) is 0 Å². The smallest absolute Gasteiger partial charge is 0.141 e. The van der Waals surface area contributed by atoms with Crippen molar-refractivity contribution in [3.05, 3.63) is 28.2 Å². The molecule has 11 heavy (non-hydrogen) atoms. The van der Waals surface area contributed by atoms with Crippen LogP contribution in [0.2, 0.25) is 0 Å². The van der Waals surface area contributed by atoms with Crippen molar-refractivity contribution in [3.63, 3.8) is 0 Å². The van der Waals surface area contributed by atoms with Gasteiger partial charge in [-0.3, -0.25) is 0 Å². The molecule has 2 heteroatoms. The van der Waals surface area contributed by atoms with E-state index in [1.807, 2.05) is 12.2 Å². The Labute approximate surface area is 70.4 Å². The van der Waals surface area contributed by atoms with Gasteiger partial charge < -0.3 is 0 Å². The first-order chi connectivity index (χ1) is 5.20. The summed E-state index contributed by atoms with van der Waals surface area (Å²) in [7, 11) is 0. The van der Waals surface area contributed by atoms with Crippen molar-refractivity contribution < 1.29 is 4.39 Å². The predicted molar refractivity (Wildman–Crippen MR) is 48.1 cm³/mol. The van der Waals surface area contributed by atoms with E-state index in [-0.39, 0.29) is 5.82 Å². The third-order valence-corrected chi connectivity index (χ3v) is 2.13. The lowest BCUT2D eigenvalue weighted by Crippen LogP contribution is -1.76. The molecule has 0 aliphatic carbocycles. The van der Waals surface area contributed by atoms with Crippen LogP contribution in [0.4, 0.5) is 4.39 Å². The highest BCUT2D eigenvalue weighted by Gasteiger charge is 1.97. The van der Waals surface area contributed by atoms with Crippen LogP contribution >= 0.6 is 11.3 Å². The molecule has 0 atom stereocenters. The van der Waals surface area contributed by atoms with Gasteiger partial charge in [0, 0.05) is 0 Å². The number of hydrogen-bond acceptors (Lipinski definition) is 1. The minimum absolute atomic E-state index is 0.119. The quantitative estimate of drug-likeness (QED) is 0.636. The van der Waals surface area contributed by atoms with Crippen LogP contribution in [0.1, 0.15) is 18.7 Å². The molecule has 0 radical (unpaired) electrons. The summed E-state index contributed by atoms with van der Waals surface area (Å²) in [5.74, 6) is 0.364. The van der Waals surface area contributed by atoms with Crippen LogP contribution < -0.4 is 0 Å². The average Bonchev–Trinajstić information content (AvgIpc) is 2.31. The third kappa shape index (κ3) is 2.46. The van der Waals surface area contributed by atoms with Gasteiger partial charge >= 0.3 is 0 Å². The van der Waals surface area contributed by atoms with Crippen LogP contribution in [0, 0.1) is 11.7 Å². The summed E-state index contributed by atoms with van der Waals surface area (Å²) in [5.41, 5.74) is 0. The average molecular weight is 170 g/mol. The molecule has 0 fully saturated rings. The van der Waals surface area contributed by atoms with Crippen LogP contribution in [0.15, 0.2) is 17.5 Å². The molecule has 0 saturated carbocycles. The molecular weight excluding hydrogens is 159 g/mol. The van der Waals surface area contributed by atoms with Crippen LogP contribution in [0.3, 0.4) is 0 Å². The lowest BCUT2D eigenvalue weighted by molar-refractivity contribution is 0.631. The van der Waals surface area contributed by atoms with Crippen molar-refractivity contribution >= 4 is 17.4 Å². The first kappa shape index (κ1) is 8.47. The Morgan fingerprint density at radius 2 is 2.27 bits per heavy atom. The van der Waals surface area contributed by atoms with Crippen molar-refractivity contribution in [3.8, 4) is 0 Å². The zero-order chi connectivity index (χ0) is 8.27. The topological polar surface area (TPSA) is 0 Å². The van der Waals surface area contributed by atoms with Gasteiger partial charge in [0.1, 0.15) is 5.82 Å². The van der Waals surface area contributed by atoms with Gasteiger partial charge in [-0.25, -0.2) is 4.39 Å². The van der Waals surface area contributed by atoms with Crippen LogP contribution in [0.25, 0.3) is 6.08 Å². The Morgan fingerprint density at radius 3 is 2.73 bits per heavy atom.